The molecular weight excluding hydrogens is 383 g/mol. The van der Waals surface area contributed by atoms with Gasteiger partial charge in [0.1, 0.15) is 18.5 Å². The Hall–Kier alpha value is -3.49. The second-order valence-corrected chi connectivity index (χ2v) is 6.10. The molecule has 1 aromatic heterocycles. The second kappa shape index (κ2) is 10.2. The number of aromatic nitrogens is 1. The lowest BCUT2D eigenvalue weighted by molar-refractivity contribution is -0.146. The number of carbonyl (C=O) groups is 3. The first-order valence-electron chi connectivity index (χ1n) is 8.73. The van der Waals surface area contributed by atoms with E-state index in [9.17, 15) is 18.8 Å². The molecule has 154 valence electrons. The zero-order valence-corrected chi connectivity index (χ0v) is 16.2. The number of hydrogen-bond donors (Lipinski definition) is 1. The van der Waals surface area contributed by atoms with Gasteiger partial charge in [0, 0.05) is 25.6 Å². The number of pyridine rings is 1. The fourth-order valence-corrected chi connectivity index (χ4v) is 2.49. The van der Waals surface area contributed by atoms with Crippen molar-refractivity contribution >= 4 is 17.8 Å². The monoisotopic (exact) mass is 404 g/mol. The van der Waals surface area contributed by atoms with Gasteiger partial charge in [0.05, 0.1) is 7.11 Å². The summed E-state index contributed by atoms with van der Waals surface area (Å²) in [6.07, 6.45) is 1.23. The first-order chi connectivity index (χ1) is 13.8. The minimum absolute atomic E-state index is 0.141. The van der Waals surface area contributed by atoms with Crippen molar-refractivity contribution in [3.8, 4) is 11.5 Å². The number of hydrogen-bond acceptors (Lipinski definition) is 7. The average Bonchev–Trinajstić information content (AvgIpc) is 2.67. The first-order valence-corrected chi connectivity index (χ1v) is 8.73. The number of esters is 2. The number of nitrogens with zero attached hydrogens (tertiary/aromatic N) is 1. The zero-order chi connectivity index (χ0) is 21.4. The first kappa shape index (κ1) is 21.8. The highest BCUT2D eigenvalue weighted by atomic mass is 19.1. The topological polar surface area (TPSA) is 104 Å². The molecule has 29 heavy (non-hydrogen) atoms. The molecule has 0 aliphatic rings. The molecule has 0 aliphatic heterocycles. The summed E-state index contributed by atoms with van der Waals surface area (Å²) in [6.45, 7) is 2.45. The Labute approximate surface area is 167 Å². The molecule has 1 unspecified atom stereocenters. The molecule has 0 fully saturated rings. The van der Waals surface area contributed by atoms with Crippen molar-refractivity contribution in [1.29, 1.82) is 0 Å². The van der Waals surface area contributed by atoms with Crippen LogP contribution in [0.4, 0.5) is 4.39 Å². The molecule has 1 amide bonds. The van der Waals surface area contributed by atoms with Crippen LogP contribution in [0, 0.1) is 5.82 Å². The van der Waals surface area contributed by atoms with Crippen molar-refractivity contribution in [1.82, 2.24) is 10.3 Å². The molecule has 0 aliphatic carbocycles. The molecule has 2 rings (SSSR count). The normalized spacial score (nSPS) is 11.3. The predicted octanol–water partition coefficient (Wildman–Crippen LogP) is 2.06. The van der Waals surface area contributed by atoms with Gasteiger partial charge in [-0.1, -0.05) is 12.1 Å². The van der Waals surface area contributed by atoms with Crippen LogP contribution in [0.2, 0.25) is 0 Å². The Kier molecular flexibility index (Phi) is 7.64. The fraction of sp³-hybridized carbons (Fsp3) is 0.300. The van der Waals surface area contributed by atoms with Gasteiger partial charge < -0.3 is 19.5 Å². The molecule has 0 saturated carbocycles. The van der Waals surface area contributed by atoms with E-state index >= 15 is 0 Å². The highest BCUT2D eigenvalue weighted by Crippen LogP contribution is 2.29. The Balaban J connectivity index is 1.93. The Morgan fingerprint density at radius 3 is 2.48 bits per heavy atom. The van der Waals surface area contributed by atoms with E-state index in [4.69, 9.17) is 14.2 Å². The van der Waals surface area contributed by atoms with Crippen LogP contribution in [-0.2, 0) is 20.7 Å². The number of rotatable bonds is 8. The van der Waals surface area contributed by atoms with Gasteiger partial charge in [-0.25, -0.2) is 9.37 Å². The van der Waals surface area contributed by atoms with Gasteiger partial charge in [0.15, 0.2) is 11.4 Å². The van der Waals surface area contributed by atoms with Crippen molar-refractivity contribution in [2.75, 3.05) is 13.7 Å². The van der Waals surface area contributed by atoms with Crippen LogP contribution in [-0.4, -0.2) is 42.6 Å². The molecule has 9 heteroatoms. The number of nitrogens with one attached hydrogen (secondary N) is 1. The van der Waals surface area contributed by atoms with Crippen LogP contribution in [0.5, 0.6) is 11.5 Å². The van der Waals surface area contributed by atoms with E-state index in [2.05, 4.69) is 10.3 Å². The van der Waals surface area contributed by atoms with Crippen molar-refractivity contribution < 1.29 is 33.0 Å². The van der Waals surface area contributed by atoms with E-state index in [1.807, 2.05) is 0 Å². The van der Waals surface area contributed by atoms with Crippen molar-refractivity contribution in [2.24, 2.45) is 0 Å². The standard InChI is InChI=1S/C20H21FN2O6/c1-12(10-14-4-6-15(21)7-5-14)28-17(25)11-23-20(26)18-19(29-13(2)24)16(27-3)8-9-22-18/h4-9,12H,10-11H2,1-3H3,(H,23,26). The minimum atomic E-state index is -0.733. The number of methoxy groups -OCH3 is 1. The van der Waals surface area contributed by atoms with Gasteiger partial charge in [-0.3, -0.25) is 14.4 Å². The maximum absolute atomic E-state index is 12.9. The lowest BCUT2D eigenvalue weighted by Crippen LogP contribution is -2.33. The Bertz CT molecular complexity index is 885. The van der Waals surface area contributed by atoms with E-state index in [0.717, 1.165) is 5.56 Å². The summed E-state index contributed by atoms with van der Waals surface area (Å²) in [5.74, 6) is -2.39. The maximum atomic E-state index is 12.9. The molecule has 1 atom stereocenters. The molecule has 0 radical (unpaired) electrons. The third-order valence-electron chi connectivity index (χ3n) is 3.71. The van der Waals surface area contributed by atoms with Gasteiger partial charge >= 0.3 is 11.9 Å². The number of carbonyl (C=O) groups excluding carboxylic acids is 3. The smallest absolute Gasteiger partial charge is 0.325 e. The van der Waals surface area contributed by atoms with Gasteiger partial charge in [0.2, 0.25) is 5.75 Å². The van der Waals surface area contributed by atoms with Crippen LogP contribution in [0.1, 0.15) is 29.9 Å². The van der Waals surface area contributed by atoms with E-state index in [-0.39, 0.29) is 23.0 Å². The Morgan fingerprint density at radius 2 is 1.86 bits per heavy atom. The summed E-state index contributed by atoms with van der Waals surface area (Å²) in [7, 11) is 1.35. The molecule has 0 spiro atoms. The molecule has 1 N–H and O–H groups in total. The van der Waals surface area contributed by atoms with E-state index < -0.39 is 30.5 Å². The quantitative estimate of drug-likeness (QED) is 0.672. The molecule has 0 bridgehead atoms. The fourth-order valence-electron chi connectivity index (χ4n) is 2.49. The van der Waals surface area contributed by atoms with Crippen LogP contribution < -0.4 is 14.8 Å². The van der Waals surface area contributed by atoms with Crippen LogP contribution >= 0.6 is 0 Å². The second-order valence-electron chi connectivity index (χ2n) is 6.10. The maximum Gasteiger partial charge on any atom is 0.325 e. The number of benzene rings is 1. The van der Waals surface area contributed by atoms with Gasteiger partial charge in [0.25, 0.3) is 5.91 Å². The predicted molar refractivity (Wildman–Crippen MR) is 100 cm³/mol. The summed E-state index contributed by atoms with van der Waals surface area (Å²) < 4.78 is 28.2. The summed E-state index contributed by atoms with van der Waals surface area (Å²) in [4.78, 5) is 39.5. The molecule has 8 nitrogen and oxygen atoms in total. The largest absolute Gasteiger partial charge is 0.493 e. The average molecular weight is 404 g/mol. The van der Waals surface area contributed by atoms with Crippen molar-refractivity contribution in [2.45, 2.75) is 26.4 Å². The minimum Gasteiger partial charge on any atom is -0.493 e. The number of halogens is 1. The lowest BCUT2D eigenvalue weighted by atomic mass is 10.1. The summed E-state index contributed by atoms with van der Waals surface area (Å²) in [5.41, 5.74) is 0.606. The molecular formula is C20H21FN2O6. The summed E-state index contributed by atoms with van der Waals surface area (Å²) in [6, 6.07) is 7.29. The molecule has 0 saturated heterocycles. The molecule has 2 aromatic rings. The van der Waals surface area contributed by atoms with E-state index in [1.165, 1.54) is 38.4 Å². The SMILES string of the molecule is COc1ccnc(C(=O)NCC(=O)OC(C)Cc2ccc(F)cc2)c1OC(C)=O. The zero-order valence-electron chi connectivity index (χ0n) is 16.2. The number of amides is 1. The van der Waals surface area contributed by atoms with E-state index in [1.54, 1.807) is 19.1 Å². The highest BCUT2D eigenvalue weighted by molar-refractivity contribution is 5.98. The van der Waals surface area contributed by atoms with E-state index in [0.29, 0.717) is 6.42 Å². The number of ether oxygens (including phenoxy) is 3. The highest BCUT2D eigenvalue weighted by Gasteiger charge is 2.21. The van der Waals surface area contributed by atoms with Crippen molar-refractivity contribution in [3.63, 3.8) is 0 Å². The van der Waals surface area contributed by atoms with Crippen LogP contribution in [0.25, 0.3) is 0 Å². The summed E-state index contributed by atoms with van der Waals surface area (Å²) >= 11 is 0. The van der Waals surface area contributed by atoms with Crippen molar-refractivity contribution in [3.05, 3.63) is 53.6 Å². The molecule has 1 aromatic carbocycles. The van der Waals surface area contributed by atoms with Crippen LogP contribution in [0.3, 0.4) is 0 Å². The lowest BCUT2D eigenvalue weighted by Gasteiger charge is -2.14. The third kappa shape index (κ3) is 6.56. The van der Waals surface area contributed by atoms with Gasteiger partial charge in [-0.05, 0) is 24.6 Å². The van der Waals surface area contributed by atoms with Crippen LogP contribution in [0.15, 0.2) is 36.5 Å². The molecule has 1 heterocycles. The Morgan fingerprint density at radius 1 is 1.17 bits per heavy atom. The third-order valence-corrected chi connectivity index (χ3v) is 3.71. The van der Waals surface area contributed by atoms with Gasteiger partial charge in [-0.2, -0.15) is 0 Å². The van der Waals surface area contributed by atoms with Gasteiger partial charge in [-0.15, -0.1) is 0 Å². The summed E-state index contributed by atoms with van der Waals surface area (Å²) in [5, 5.41) is 2.37.